The summed E-state index contributed by atoms with van der Waals surface area (Å²) in [4.78, 5) is 4.28. The van der Waals surface area contributed by atoms with Crippen LogP contribution in [0.3, 0.4) is 0 Å². The zero-order valence-electron chi connectivity index (χ0n) is 10.1. The van der Waals surface area contributed by atoms with Gasteiger partial charge in [-0.25, -0.2) is 0 Å². The summed E-state index contributed by atoms with van der Waals surface area (Å²) in [5.74, 6) is 0. The average Bonchev–Trinajstić information content (AvgIpc) is 2.38. The van der Waals surface area contributed by atoms with Crippen molar-refractivity contribution in [3.05, 3.63) is 36.0 Å². The molecule has 1 heterocycles. The molecule has 17 heavy (non-hydrogen) atoms. The van der Waals surface area contributed by atoms with Gasteiger partial charge in [0.1, 0.15) is 0 Å². The van der Waals surface area contributed by atoms with Gasteiger partial charge in [-0.1, -0.05) is 25.8 Å². The van der Waals surface area contributed by atoms with Crippen molar-refractivity contribution in [2.45, 2.75) is 32.6 Å². The van der Waals surface area contributed by atoms with Crippen molar-refractivity contribution in [3.8, 4) is 0 Å². The summed E-state index contributed by atoms with van der Waals surface area (Å²) >= 11 is 0. The van der Waals surface area contributed by atoms with E-state index < -0.39 is 0 Å². The lowest BCUT2D eigenvalue weighted by molar-refractivity contribution is 0.390. The van der Waals surface area contributed by atoms with Crippen molar-refractivity contribution in [2.75, 3.05) is 5.48 Å². The Hall–Kier alpha value is -1.61. The molecule has 0 spiro atoms. The summed E-state index contributed by atoms with van der Waals surface area (Å²) in [6.07, 6.45) is 6.49. The summed E-state index contributed by atoms with van der Waals surface area (Å²) in [6.45, 7) is 2.21. The number of aromatic nitrogens is 1. The van der Waals surface area contributed by atoms with Crippen LogP contribution in [0.25, 0.3) is 10.9 Å². The molecule has 0 atom stereocenters. The van der Waals surface area contributed by atoms with E-state index in [0.717, 1.165) is 17.3 Å². The number of anilines is 1. The van der Waals surface area contributed by atoms with Gasteiger partial charge in [0.2, 0.25) is 0 Å². The minimum Gasteiger partial charge on any atom is -0.291 e. The van der Waals surface area contributed by atoms with Crippen molar-refractivity contribution in [1.82, 2.24) is 4.98 Å². The molecule has 3 nitrogen and oxygen atoms in total. The molecule has 1 aromatic carbocycles. The molecule has 0 aliphatic rings. The molecular formula is C14H18N2O. The van der Waals surface area contributed by atoms with Crippen LogP contribution in [0, 0.1) is 0 Å². The van der Waals surface area contributed by atoms with Crippen LogP contribution in [0.15, 0.2) is 30.5 Å². The molecule has 90 valence electrons. The van der Waals surface area contributed by atoms with Crippen LogP contribution in [0.5, 0.6) is 0 Å². The average molecular weight is 230 g/mol. The molecule has 0 saturated heterocycles. The van der Waals surface area contributed by atoms with Crippen LogP contribution >= 0.6 is 0 Å². The van der Waals surface area contributed by atoms with Gasteiger partial charge in [-0.05, 0) is 36.6 Å². The molecule has 3 heteroatoms. The Morgan fingerprint density at radius 2 is 2.12 bits per heavy atom. The van der Waals surface area contributed by atoms with Crippen molar-refractivity contribution in [2.24, 2.45) is 0 Å². The zero-order valence-corrected chi connectivity index (χ0v) is 10.1. The highest BCUT2D eigenvalue weighted by atomic mass is 16.5. The molecule has 0 aliphatic heterocycles. The summed E-state index contributed by atoms with van der Waals surface area (Å²) < 4.78 is 0. The van der Waals surface area contributed by atoms with Gasteiger partial charge in [0, 0.05) is 11.6 Å². The van der Waals surface area contributed by atoms with E-state index in [1.807, 2.05) is 6.07 Å². The number of pyridine rings is 1. The van der Waals surface area contributed by atoms with E-state index in [1.165, 1.54) is 24.8 Å². The highest BCUT2D eigenvalue weighted by Gasteiger charge is 2.02. The Bertz CT molecular complexity index is 497. The third kappa shape index (κ3) is 2.74. The Kier molecular flexibility index (Phi) is 3.94. The largest absolute Gasteiger partial charge is 0.291 e. The van der Waals surface area contributed by atoms with E-state index in [0.29, 0.717) is 5.69 Å². The van der Waals surface area contributed by atoms with E-state index in [-0.39, 0.29) is 0 Å². The smallest absolute Gasteiger partial charge is 0.0723 e. The summed E-state index contributed by atoms with van der Waals surface area (Å²) in [6, 6.07) is 8.01. The van der Waals surface area contributed by atoms with Gasteiger partial charge in [0.25, 0.3) is 0 Å². The monoisotopic (exact) mass is 230 g/mol. The van der Waals surface area contributed by atoms with E-state index in [1.54, 1.807) is 12.3 Å². The van der Waals surface area contributed by atoms with Crippen LogP contribution in [0.1, 0.15) is 31.7 Å². The van der Waals surface area contributed by atoms with Gasteiger partial charge in [0.15, 0.2) is 0 Å². The Morgan fingerprint density at radius 3 is 2.88 bits per heavy atom. The summed E-state index contributed by atoms with van der Waals surface area (Å²) in [5, 5.41) is 10.0. The molecule has 0 fully saturated rings. The van der Waals surface area contributed by atoms with Gasteiger partial charge in [-0.2, -0.15) is 0 Å². The number of unbranched alkanes of at least 4 members (excludes halogenated alkanes) is 2. The molecule has 0 aliphatic carbocycles. The predicted molar refractivity (Wildman–Crippen MR) is 70.4 cm³/mol. The van der Waals surface area contributed by atoms with Crippen LogP contribution in [0.4, 0.5) is 5.69 Å². The molecular weight excluding hydrogens is 212 g/mol. The highest BCUT2D eigenvalue weighted by Crippen LogP contribution is 2.23. The standard InChI is InChI=1S/C14H18N2O/c1-2-3-4-5-11-6-7-13-12(10-11)14(16-17)8-9-15-13/h6-10,17H,2-5H2,1H3,(H,15,16). The second kappa shape index (κ2) is 5.64. The fourth-order valence-electron chi connectivity index (χ4n) is 2.03. The number of aryl methyl sites for hydroxylation is 1. The Balaban J connectivity index is 2.28. The maximum Gasteiger partial charge on any atom is 0.0723 e. The van der Waals surface area contributed by atoms with E-state index in [9.17, 15) is 0 Å². The first kappa shape index (κ1) is 11.9. The molecule has 0 amide bonds. The van der Waals surface area contributed by atoms with Gasteiger partial charge >= 0.3 is 0 Å². The molecule has 0 unspecified atom stereocenters. The Morgan fingerprint density at radius 1 is 1.24 bits per heavy atom. The maximum absolute atomic E-state index is 9.06. The quantitative estimate of drug-likeness (QED) is 0.607. The lowest BCUT2D eigenvalue weighted by Crippen LogP contribution is -1.93. The lowest BCUT2D eigenvalue weighted by Gasteiger charge is -2.06. The fourth-order valence-corrected chi connectivity index (χ4v) is 2.03. The number of hydrogen-bond donors (Lipinski definition) is 2. The second-order valence-corrected chi connectivity index (χ2v) is 4.28. The molecule has 1 aromatic heterocycles. The number of fused-ring (bicyclic) bond motifs is 1. The van der Waals surface area contributed by atoms with Gasteiger partial charge in [-0.3, -0.25) is 15.7 Å². The minimum absolute atomic E-state index is 0.715. The number of nitrogens with one attached hydrogen (secondary N) is 1. The third-order valence-electron chi connectivity index (χ3n) is 3.00. The molecule has 0 saturated carbocycles. The topological polar surface area (TPSA) is 45.2 Å². The first-order chi connectivity index (χ1) is 8.35. The molecule has 2 N–H and O–H groups in total. The van der Waals surface area contributed by atoms with E-state index in [4.69, 9.17) is 5.21 Å². The van der Waals surface area contributed by atoms with E-state index in [2.05, 4.69) is 29.5 Å². The van der Waals surface area contributed by atoms with Crippen molar-refractivity contribution < 1.29 is 5.21 Å². The number of nitrogens with zero attached hydrogens (tertiary/aromatic N) is 1. The number of benzene rings is 1. The lowest BCUT2D eigenvalue weighted by atomic mass is 10.0. The zero-order chi connectivity index (χ0) is 12.1. The first-order valence-corrected chi connectivity index (χ1v) is 6.13. The van der Waals surface area contributed by atoms with Crippen molar-refractivity contribution >= 4 is 16.6 Å². The normalized spacial score (nSPS) is 10.7. The minimum atomic E-state index is 0.715. The van der Waals surface area contributed by atoms with Crippen LogP contribution in [0.2, 0.25) is 0 Å². The van der Waals surface area contributed by atoms with Crippen molar-refractivity contribution in [1.29, 1.82) is 0 Å². The highest BCUT2D eigenvalue weighted by molar-refractivity contribution is 5.91. The second-order valence-electron chi connectivity index (χ2n) is 4.28. The van der Waals surface area contributed by atoms with Gasteiger partial charge < -0.3 is 0 Å². The summed E-state index contributed by atoms with van der Waals surface area (Å²) in [7, 11) is 0. The number of hydrogen-bond acceptors (Lipinski definition) is 3. The number of rotatable bonds is 5. The molecule has 0 radical (unpaired) electrons. The molecule has 2 aromatic rings. The van der Waals surface area contributed by atoms with E-state index >= 15 is 0 Å². The van der Waals surface area contributed by atoms with Gasteiger partial charge in [-0.15, -0.1) is 0 Å². The third-order valence-corrected chi connectivity index (χ3v) is 3.00. The maximum atomic E-state index is 9.06. The van der Waals surface area contributed by atoms with Crippen LogP contribution < -0.4 is 5.48 Å². The molecule has 2 rings (SSSR count). The predicted octanol–water partition coefficient (Wildman–Crippen LogP) is 3.77. The molecule has 0 bridgehead atoms. The first-order valence-electron chi connectivity index (χ1n) is 6.13. The summed E-state index contributed by atoms with van der Waals surface area (Å²) in [5.41, 5.74) is 5.15. The van der Waals surface area contributed by atoms with Crippen LogP contribution in [-0.4, -0.2) is 10.2 Å². The Labute approximate surface area is 101 Å². The SMILES string of the molecule is CCCCCc1ccc2nccc(NO)c2c1. The van der Waals surface area contributed by atoms with Gasteiger partial charge in [0.05, 0.1) is 11.2 Å². The van der Waals surface area contributed by atoms with Crippen LogP contribution in [-0.2, 0) is 6.42 Å². The van der Waals surface area contributed by atoms with Crippen molar-refractivity contribution in [3.63, 3.8) is 0 Å². The fraction of sp³-hybridized carbons (Fsp3) is 0.357.